The van der Waals surface area contributed by atoms with E-state index in [0.29, 0.717) is 0 Å². The quantitative estimate of drug-likeness (QED) is 0.647. The Kier molecular flexibility index (Phi) is 7.21. The van der Waals surface area contributed by atoms with Crippen LogP contribution in [0.15, 0.2) is 47.4 Å². The predicted octanol–water partition coefficient (Wildman–Crippen LogP) is 5.63. The van der Waals surface area contributed by atoms with E-state index in [0.717, 1.165) is 17.7 Å². The Morgan fingerprint density at radius 2 is 1.43 bits per heavy atom. The standard InChI is InChI=1S/C19H28OS/c1-17-13-9-6-4-2-3-5-7-12-16-19(17)21(20)18-14-10-8-11-15-18/h8,10-11,14-15,19H,1-7,9,12-13,16H2. The summed E-state index contributed by atoms with van der Waals surface area (Å²) in [4.78, 5) is 0.954. The van der Waals surface area contributed by atoms with Crippen molar-refractivity contribution in [3.05, 3.63) is 42.5 Å². The summed E-state index contributed by atoms with van der Waals surface area (Å²) in [5, 5.41) is 0.145. The Balaban J connectivity index is 2.04. The molecule has 1 nitrogen and oxygen atoms in total. The van der Waals surface area contributed by atoms with Gasteiger partial charge >= 0.3 is 0 Å². The minimum atomic E-state index is -0.942. The first-order valence-corrected chi connectivity index (χ1v) is 9.63. The lowest BCUT2D eigenvalue weighted by molar-refractivity contribution is 0.540. The SMILES string of the molecule is C=C1CCCCCCCCCCC1S(=O)c1ccccc1. The molecule has 2 atom stereocenters. The lowest BCUT2D eigenvalue weighted by atomic mass is 9.98. The highest BCUT2D eigenvalue weighted by molar-refractivity contribution is 7.86. The van der Waals surface area contributed by atoms with Crippen molar-refractivity contribution in [3.8, 4) is 0 Å². The smallest absolute Gasteiger partial charge is 0.0602 e. The van der Waals surface area contributed by atoms with Crippen LogP contribution < -0.4 is 0 Å². The van der Waals surface area contributed by atoms with Crippen LogP contribution in [0.5, 0.6) is 0 Å². The second kappa shape index (κ2) is 9.19. The number of hydrogen-bond acceptors (Lipinski definition) is 1. The molecule has 0 saturated heterocycles. The molecule has 0 N–H and O–H groups in total. The first-order chi connectivity index (χ1) is 10.3. The number of hydrogen-bond donors (Lipinski definition) is 0. The van der Waals surface area contributed by atoms with E-state index in [-0.39, 0.29) is 5.25 Å². The Labute approximate surface area is 132 Å². The highest BCUT2D eigenvalue weighted by atomic mass is 32.2. The maximum Gasteiger partial charge on any atom is 0.0602 e. The summed E-state index contributed by atoms with van der Waals surface area (Å²) in [7, 11) is -0.942. The van der Waals surface area contributed by atoms with E-state index < -0.39 is 10.8 Å². The minimum absolute atomic E-state index is 0.145. The van der Waals surface area contributed by atoms with E-state index in [1.165, 1.54) is 56.9 Å². The van der Waals surface area contributed by atoms with E-state index in [4.69, 9.17) is 0 Å². The molecule has 0 heterocycles. The lowest BCUT2D eigenvalue weighted by Gasteiger charge is -2.20. The molecular formula is C19H28OS. The highest BCUT2D eigenvalue weighted by Crippen LogP contribution is 2.26. The topological polar surface area (TPSA) is 17.1 Å². The average molecular weight is 304 g/mol. The molecule has 0 aliphatic heterocycles. The Morgan fingerprint density at radius 3 is 2.10 bits per heavy atom. The van der Waals surface area contributed by atoms with Gasteiger partial charge < -0.3 is 0 Å². The zero-order valence-corrected chi connectivity index (χ0v) is 13.9. The lowest BCUT2D eigenvalue weighted by Crippen LogP contribution is -2.18. The van der Waals surface area contributed by atoms with Crippen LogP contribution in [0.25, 0.3) is 0 Å². The molecule has 2 rings (SSSR count). The van der Waals surface area contributed by atoms with Crippen molar-refractivity contribution < 1.29 is 4.21 Å². The number of benzene rings is 1. The fourth-order valence-electron chi connectivity index (χ4n) is 3.08. The van der Waals surface area contributed by atoms with Crippen LogP contribution in [-0.4, -0.2) is 9.46 Å². The molecule has 0 aromatic heterocycles. The Hall–Kier alpha value is -0.890. The van der Waals surface area contributed by atoms with Gasteiger partial charge in [-0.15, -0.1) is 0 Å². The summed E-state index contributed by atoms with van der Waals surface area (Å²) < 4.78 is 12.9. The zero-order chi connectivity index (χ0) is 14.9. The van der Waals surface area contributed by atoms with Gasteiger partial charge in [0.25, 0.3) is 0 Å². The largest absolute Gasteiger partial charge is 0.254 e. The third kappa shape index (κ3) is 5.43. The highest BCUT2D eigenvalue weighted by Gasteiger charge is 2.21. The van der Waals surface area contributed by atoms with Gasteiger partial charge in [0, 0.05) is 4.90 Å². The molecule has 116 valence electrons. The van der Waals surface area contributed by atoms with E-state index in [9.17, 15) is 4.21 Å². The molecule has 2 unspecified atom stereocenters. The summed E-state index contributed by atoms with van der Waals surface area (Å²) in [5.74, 6) is 0. The fourth-order valence-corrected chi connectivity index (χ4v) is 4.64. The summed E-state index contributed by atoms with van der Waals surface area (Å²) >= 11 is 0. The van der Waals surface area contributed by atoms with Gasteiger partial charge in [-0.05, 0) is 31.4 Å². The summed E-state index contributed by atoms with van der Waals surface area (Å²) in [5.41, 5.74) is 1.21. The van der Waals surface area contributed by atoms with Crippen molar-refractivity contribution >= 4 is 10.8 Å². The first kappa shape index (κ1) is 16.5. The van der Waals surface area contributed by atoms with E-state index in [2.05, 4.69) is 6.58 Å². The third-order valence-electron chi connectivity index (χ3n) is 4.40. The average Bonchev–Trinajstić information content (AvgIpc) is 2.51. The molecule has 1 saturated carbocycles. The van der Waals surface area contributed by atoms with Crippen molar-refractivity contribution in [2.75, 3.05) is 0 Å². The van der Waals surface area contributed by atoms with E-state index in [1.807, 2.05) is 30.3 Å². The van der Waals surface area contributed by atoms with Crippen LogP contribution in [-0.2, 0) is 10.8 Å². The van der Waals surface area contributed by atoms with Crippen LogP contribution in [0.1, 0.15) is 64.2 Å². The van der Waals surface area contributed by atoms with Crippen molar-refractivity contribution in [3.63, 3.8) is 0 Å². The molecule has 0 spiro atoms. The van der Waals surface area contributed by atoms with E-state index in [1.54, 1.807) is 0 Å². The van der Waals surface area contributed by atoms with Crippen molar-refractivity contribution in [2.45, 2.75) is 74.4 Å². The van der Waals surface area contributed by atoms with Crippen LogP contribution in [0.4, 0.5) is 0 Å². The van der Waals surface area contributed by atoms with Gasteiger partial charge in [0.15, 0.2) is 0 Å². The second-order valence-corrected chi connectivity index (χ2v) is 7.76. The predicted molar refractivity (Wildman–Crippen MR) is 91.9 cm³/mol. The van der Waals surface area contributed by atoms with Crippen molar-refractivity contribution in [1.29, 1.82) is 0 Å². The van der Waals surface area contributed by atoms with Gasteiger partial charge in [-0.25, -0.2) is 0 Å². The van der Waals surface area contributed by atoms with Gasteiger partial charge in [-0.3, -0.25) is 4.21 Å². The van der Waals surface area contributed by atoms with Gasteiger partial charge in [0.05, 0.1) is 16.0 Å². The molecule has 2 heteroatoms. The van der Waals surface area contributed by atoms with Crippen LogP contribution in [0.3, 0.4) is 0 Å². The van der Waals surface area contributed by atoms with Gasteiger partial charge in [-0.2, -0.15) is 0 Å². The van der Waals surface area contributed by atoms with Crippen LogP contribution >= 0.6 is 0 Å². The van der Waals surface area contributed by atoms with Crippen LogP contribution in [0, 0.1) is 0 Å². The molecule has 1 aliphatic rings. The third-order valence-corrected chi connectivity index (χ3v) is 6.23. The fraction of sp³-hybridized carbons (Fsp3) is 0.579. The Bertz CT molecular complexity index is 452. The molecule has 1 fully saturated rings. The second-order valence-electron chi connectivity index (χ2n) is 6.12. The molecule has 21 heavy (non-hydrogen) atoms. The molecule has 1 aromatic carbocycles. The van der Waals surface area contributed by atoms with Crippen molar-refractivity contribution in [2.24, 2.45) is 0 Å². The normalized spacial score (nSPS) is 23.8. The number of rotatable bonds is 2. The molecule has 0 amide bonds. The molecule has 1 aromatic rings. The molecule has 0 bridgehead atoms. The molecule has 0 radical (unpaired) electrons. The van der Waals surface area contributed by atoms with Gasteiger partial charge in [0.1, 0.15) is 0 Å². The summed E-state index contributed by atoms with van der Waals surface area (Å²) in [6.45, 7) is 4.28. The van der Waals surface area contributed by atoms with E-state index >= 15 is 0 Å². The molecule has 1 aliphatic carbocycles. The summed E-state index contributed by atoms with van der Waals surface area (Å²) in [6.07, 6.45) is 12.5. The van der Waals surface area contributed by atoms with Gasteiger partial charge in [-0.1, -0.05) is 75.3 Å². The van der Waals surface area contributed by atoms with Crippen molar-refractivity contribution in [1.82, 2.24) is 0 Å². The maximum absolute atomic E-state index is 12.9. The minimum Gasteiger partial charge on any atom is -0.254 e. The summed E-state index contributed by atoms with van der Waals surface area (Å²) in [6, 6.07) is 9.91. The van der Waals surface area contributed by atoms with Crippen LogP contribution in [0.2, 0.25) is 0 Å². The maximum atomic E-state index is 12.9. The monoisotopic (exact) mass is 304 g/mol. The van der Waals surface area contributed by atoms with Gasteiger partial charge in [0.2, 0.25) is 0 Å². The Morgan fingerprint density at radius 1 is 0.857 bits per heavy atom. The zero-order valence-electron chi connectivity index (χ0n) is 13.1. The first-order valence-electron chi connectivity index (χ1n) is 8.42. The molecular weight excluding hydrogens is 276 g/mol.